The maximum absolute atomic E-state index is 13.8. The standard InChI is InChI=1S/C12H17FN2/c1-4-7(2)9-5-11-12(6-10(9)13)15-8(3)14-11/h5-7,9-10H,4H2,1-3H3,(H,14,15)/t7-,9?,10?/m1/s1. The molecule has 2 rings (SSSR count). The average molecular weight is 208 g/mol. The number of aromatic nitrogens is 2. The number of aryl methyl sites for hydroxylation is 1. The number of nitrogens with zero attached hydrogens (tertiary/aromatic N) is 1. The molecule has 3 atom stereocenters. The number of imidazole rings is 1. The van der Waals surface area contributed by atoms with E-state index in [1.807, 2.05) is 13.0 Å². The summed E-state index contributed by atoms with van der Waals surface area (Å²) in [6, 6.07) is 0. The van der Waals surface area contributed by atoms with Crippen molar-refractivity contribution in [3.8, 4) is 0 Å². The molecule has 0 fully saturated rings. The zero-order valence-electron chi connectivity index (χ0n) is 9.42. The summed E-state index contributed by atoms with van der Waals surface area (Å²) in [5.41, 5.74) is 0. The van der Waals surface area contributed by atoms with Crippen molar-refractivity contribution in [2.45, 2.75) is 33.4 Å². The molecule has 0 bridgehead atoms. The van der Waals surface area contributed by atoms with Gasteiger partial charge in [0.25, 0.3) is 0 Å². The molecular formula is C12H17FN2. The number of nitrogens with one attached hydrogen (secondary N) is 1. The summed E-state index contributed by atoms with van der Waals surface area (Å²) < 4.78 is 13.8. The summed E-state index contributed by atoms with van der Waals surface area (Å²) in [7, 11) is 0. The van der Waals surface area contributed by atoms with Crippen molar-refractivity contribution >= 4 is 12.2 Å². The first-order chi connectivity index (χ1) is 7.11. The molecule has 0 amide bonds. The highest BCUT2D eigenvalue weighted by Crippen LogP contribution is 2.24. The fourth-order valence-electron chi connectivity index (χ4n) is 2.08. The summed E-state index contributed by atoms with van der Waals surface area (Å²) >= 11 is 0. The number of aromatic amines is 1. The Morgan fingerprint density at radius 2 is 2.27 bits per heavy atom. The molecule has 82 valence electrons. The third kappa shape index (κ3) is 1.83. The average Bonchev–Trinajstić information content (AvgIpc) is 2.55. The van der Waals surface area contributed by atoms with Crippen molar-refractivity contribution in [3.05, 3.63) is 16.5 Å². The fourth-order valence-corrected chi connectivity index (χ4v) is 2.08. The molecule has 1 heterocycles. The number of halogens is 1. The second-order valence-electron chi connectivity index (χ2n) is 4.36. The maximum Gasteiger partial charge on any atom is 0.127 e. The predicted octanol–water partition coefficient (Wildman–Crippen LogP) is 1.29. The second kappa shape index (κ2) is 3.80. The third-order valence-corrected chi connectivity index (χ3v) is 3.22. The minimum Gasteiger partial charge on any atom is -0.342 e. The summed E-state index contributed by atoms with van der Waals surface area (Å²) in [6.45, 7) is 6.08. The van der Waals surface area contributed by atoms with E-state index < -0.39 is 6.17 Å². The Morgan fingerprint density at radius 1 is 1.53 bits per heavy atom. The van der Waals surface area contributed by atoms with Crippen LogP contribution < -0.4 is 10.7 Å². The summed E-state index contributed by atoms with van der Waals surface area (Å²) in [5.74, 6) is 1.21. The first-order valence-electron chi connectivity index (χ1n) is 5.52. The van der Waals surface area contributed by atoms with Gasteiger partial charge in [0.05, 0.1) is 10.7 Å². The van der Waals surface area contributed by atoms with Crippen LogP contribution in [0.4, 0.5) is 4.39 Å². The van der Waals surface area contributed by atoms with Crippen LogP contribution in [0.2, 0.25) is 0 Å². The van der Waals surface area contributed by atoms with E-state index in [0.29, 0.717) is 5.92 Å². The highest BCUT2D eigenvalue weighted by atomic mass is 19.1. The third-order valence-electron chi connectivity index (χ3n) is 3.22. The van der Waals surface area contributed by atoms with Gasteiger partial charge < -0.3 is 4.98 Å². The quantitative estimate of drug-likeness (QED) is 0.779. The van der Waals surface area contributed by atoms with Crippen LogP contribution >= 0.6 is 0 Å². The van der Waals surface area contributed by atoms with Crippen LogP contribution in [-0.2, 0) is 0 Å². The highest BCUT2D eigenvalue weighted by Gasteiger charge is 2.24. The lowest BCUT2D eigenvalue weighted by Gasteiger charge is -2.22. The molecule has 1 aliphatic carbocycles. The van der Waals surface area contributed by atoms with E-state index in [2.05, 4.69) is 23.8 Å². The van der Waals surface area contributed by atoms with Gasteiger partial charge in [-0.25, -0.2) is 9.37 Å². The first kappa shape index (κ1) is 10.4. The van der Waals surface area contributed by atoms with Crippen LogP contribution in [0.5, 0.6) is 0 Å². The van der Waals surface area contributed by atoms with Crippen LogP contribution in [0.15, 0.2) is 0 Å². The zero-order chi connectivity index (χ0) is 11.0. The van der Waals surface area contributed by atoms with Crippen LogP contribution in [0.25, 0.3) is 12.2 Å². The van der Waals surface area contributed by atoms with Gasteiger partial charge in [0.15, 0.2) is 0 Å². The van der Waals surface area contributed by atoms with Gasteiger partial charge in [0, 0.05) is 5.92 Å². The Morgan fingerprint density at radius 3 is 2.93 bits per heavy atom. The van der Waals surface area contributed by atoms with Gasteiger partial charge in [-0.3, -0.25) is 0 Å². The highest BCUT2D eigenvalue weighted by molar-refractivity contribution is 5.41. The summed E-state index contributed by atoms with van der Waals surface area (Å²) in [5, 5.41) is 1.74. The van der Waals surface area contributed by atoms with Crippen LogP contribution in [0.3, 0.4) is 0 Å². The molecule has 1 aromatic rings. The smallest absolute Gasteiger partial charge is 0.127 e. The van der Waals surface area contributed by atoms with E-state index >= 15 is 0 Å². The monoisotopic (exact) mass is 208 g/mol. The van der Waals surface area contributed by atoms with Crippen molar-refractivity contribution in [1.82, 2.24) is 9.97 Å². The van der Waals surface area contributed by atoms with Crippen molar-refractivity contribution < 1.29 is 4.39 Å². The van der Waals surface area contributed by atoms with Crippen LogP contribution in [-0.4, -0.2) is 16.1 Å². The van der Waals surface area contributed by atoms with E-state index in [9.17, 15) is 4.39 Å². The minimum absolute atomic E-state index is 0.0117. The Bertz CT molecular complexity index is 460. The second-order valence-corrected chi connectivity index (χ2v) is 4.36. The zero-order valence-corrected chi connectivity index (χ0v) is 9.42. The number of hydrogen-bond acceptors (Lipinski definition) is 1. The van der Waals surface area contributed by atoms with Crippen molar-refractivity contribution in [2.24, 2.45) is 11.8 Å². The molecule has 2 nitrogen and oxygen atoms in total. The predicted molar refractivity (Wildman–Crippen MR) is 59.3 cm³/mol. The van der Waals surface area contributed by atoms with Crippen molar-refractivity contribution in [1.29, 1.82) is 0 Å². The Hall–Kier alpha value is -1.12. The minimum atomic E-state index is -0.893. The van der Waals surface area contributed by atoms with Gasteiger partial charge in [0.1, 0.15) is 12.0 Å². The van der Waals surface area contributed by atoms with Gasteiger partial charge >= 0.3 is 0 Å². The van der Waals surface area contributed by atoms with Gasteiger partial charge in [-0.1, -0.05) is 26.3 Å². The normalized spacial score (nSPS) is 26.4. The summed E-state index contributed by atoms with van der Waals surface area (Å²) in [4.78, 5) is 7.40. The number of hydrogen-bond donors (Lipinski definition) is 1. The number of rotatable bonds is 2. The number of fused-ring (bicyclic) bond motifs is 1. The Labute approximate surface area is 88.9 Å². The molecule has 0 radical (unpaired) electrons. The van der Waals surface area contributed by atoms with Gasteiger partial charge in [-0.15, -0.1) is 0 Å². The van der Waals surface area contributed by atoms with E-state index in [4.69, 9.17) is 0 Å². The SMILES string of the molecule is CC[C@@H](C)C1C=c2[nH]c(C)nc2=CC1F. The molecule has 2 unspecified atom stereocenters. The molecular weight excluding hydrogens is 191 g/mol. The molecule has 0 saturated heterocycles. The van der Waals surface area contributed by atoms with Crippen molar-refractivity contribution in [2.75, 3.05) is 0 Å². The Balaban J connectivity index is 2.46. The van der Waals surface area contributed by atoms with Crippen LogP contribution in [0, 0.1) is 18.8 Å². The molecule has 1 aliphatic rings. The largest absolute Gasteiger partial charge is 0.342 e. The molecule has 1 aromatic heterocycles. The molecule has 1 N–H and O–H groups in total. The lowest BCUT2D eigenvalue weighted by Crippen LogP contribution is -2.36. The topological polar surface area (TPSA) is 28.7 Å². The molecule has 0 saturated carbocycles. The van der Waals surface area contributed by atoms with E-state index in [1.165, 1.54) is 0 Å². The number of alkyl halides is 1. The fraction of sp³-hybridized carbons (Fsp3) is 0.583. The van der Waals surface area contributed by atoms with E-state index in [-0.39, 0.29) is 5.92 Å². The van der Waals surface area contributed by atoms with E-state index in [0.717, 1.165) is 22.9 Å². The first-order valence-corrected chi connectivity index (χ1v) is 5.52. The lowest BCUT2D eigenvalue weighted by molar-refractivity contribution is 0.277. The molecule has 15 heavy (non-hydrogen) atoms. The molecule has 0 aromatic carbocycles. The lowest BCUT2D eigenvalue weighted by atomic mass is 9.85. The van der Waals surface area contributed by atoms with Gasteiger partial charge in [-0.2, -0.15) is 0 Å². The van der Waals surface area contributed by atoms with Gasteiger partial charge in [-0.05, 0) is 18.9 Å². The van der Waals surface area contributed by atoms with Crippen LogP contribution in [0.1, 0.15) is 26.1 Å². The summed E-state index contributed by atoms with van der Waals surface area (Å²) in [6.07, 6.45) is 3.73. The number of H-pyrrole nitrogens is 1. The van der Waals surface area contributed by atoms with Crippen molar-refractivity contribution in [3.63, 3.8) is 0 Å². The molecule has 0 spiro atoms. The van der Waals surface area contributed by atoms with Gasteiger partial charge in [0.2, 0.25) is 0 Å². The molecule has 3 heteroatoms. The Kier molecular flexibility index (Phi) is 2.63. The van der Waals surface area contributed by atoms with E-state index in [1.54, 1.807) is 6.08 Å². The molecule has 0 aliphatic heterocycles. The maximum atomic E-state index is 13.8.